The first-order valence-corrected chi connectivity index (χ1v) is 9.36. The topological polar surface area (TPSA) is 64.7 Å². The van der Waals surface area contributed by atoms with Crippen molar-refractivity contribution in [2.75, 3.05) is 26.1 Å². The Morgan fingerprint density at radius 2 is 2.18 bits per heavy atom. The van der Waals surface area contributed by atoms with E-state index in [0.717, 1.165) is 36.6 Å². The van der Waals surface area contributed by atoms with Crippen molar-refractivity contribution in [1.82, 2.24) is 14.5 Å². The Morgan fingerprint density at radius 1 is 1.29 bits per heavy atom. The second-order valence-corrected chi connectivity index (χ2v) is 6.55. The molecule has 0 aliphatic heterocycles. The molecule has 7 nitrogen and oxygen atoms in total. The third kappa shape index (κ3) is 5.26. The molecule has 0 fully saturated rings. The van der Waals surface area contributed by atoms with Gasteiger partial charge in [-0.2, -0.15) is 0 Å². The van der Waals surface area contributed by atoms with Gasteiger partial charge in [0.15, 0.2) is 11.0 Å². The number of furan rings is 1. The molecule has 0 saturated carbocycles. The van der Waals surface area contributed by atoms with Gasteiger partial charge in [-0.1, -0.05) is 0 Å². The molecule has 0 aliphatic carbocycles. The zero-order valence-corrected chi connectivity index (χ0v) is 16.8. The Morgan fingerprint density at radius 3 is 2.86 bits per heavy atom. The third-order valence-electron chi connectivity index (χ3n) is 4.30. The van der Waals surface area contributed by atoms with Crippen LogP contribution in [0.25, 0.3) is 0 Å². The number of anilines is 1. The number of methoxy groups -OCH3 is 2. The van der Waals surface area contributed by atoms with Gasteiger partial charge in [-0.15, -0.1) is 0 Å². The Labute approximate surface area is 169 Å². The van der Waals surface area contributed by atoms with Crippen LogP contribution in [-0.2, 0) is 13.1 Å². The Kier molecular flexibility index (Phi) is 6.91. The number of ether oxygens (including phenoxy) is 2. The molecule has 2 heterocycles. The number of aryl methyl sites for hydroxylation is 1. The molecule has 0 spiro atoms. The molecule has 0 aliphatic rings. The maximum atomic E-state index is 5.63. The first kappa shape index (κ1) is 19.8. The summed E-state index contributed by atoms with van der Waals surface area (Å²) in [6.07, 6.45) is 8.07. The van der Waals surface area contributed by atoms with Crippen LogP contribution in [0.1, 0.15) is 12.0 Å². The van der Waals surface area contributed by atoms with E-state index >= 15 is 0 Å². The molecule has 2 aromatic heterocycles. The molecule has 3 rings (SSSR count). The van der Waals surface area contributed by atoms with Crippen molar-refractivity contribution in [3.63, 3.8) is 0 Å². The van der Waals surface area contributed by atoms with Crippen molar-refractivity contribution < 1.29 is 13.9 Å². The number of nitrogens with zero attached hydrogens (tertiary/aromatic N) is 3. The number of aromatic nitrogens is 2. The fourth-order valence-electron chi connectivity index (χ4n) is 2.84. The van der Waals surface area contributed by atoms with Crippen molar-refractivity contribution >= 4 is 23.2 Å². The van der Waals surface area contributed by atoms with Gasteiger partial charge in [0.1, 0.15) is 11.5 Å². The molecule has 0 bridgehead atoms. The van der Waals surface area contributed by atoms with Gasteiger partial charge in [-0.25, -0.2) is 4.98 Å². The van der Waals surface area contributed by atoms with Crippen LogP contribution in [0.15, 0.2) is 59.7 Å². The van der Waals surface area contributed by atoms with E-state index in [1.807, 2.05) is 42.9 Å². The first-order chi connectivity index (χ1) is 13.7. The second-order valence-electron chi connectivity index (χ2n) is 6.16. The molecule has 28 heavy (non-hydrogen) atoms. The lowest BCUT2D eigenvalue weighted by atomic mass is 10.1. The van der Waals surface area contributed by atoms with E-state index in [1.54, 1.807) is 26.7 Å². The number of imidazole rings is 1. The highest BCUT2D eigenvalue weighted by atomic mass is 32.1. The van der Waals surface area contributed by atoms with E-state index in [2.05, 4.69) is 19.8 Å². The molecular weight excluding hydrogens is 376 g/mol. The van der Waals surface area contributed by atoms with E-state index in [0.29, 0.717) is 17.5 Å². The SMILES string of the molecule is COc1ccc(CN(CCCn2ccnc2)C(=S)Nc2ccco2)c(OC)c1. The summed E-state index contributed by atoms with van der Waals surface area (Å²) in [5.41, 5.74) is 1.02. The van der Waals surface area contributed by atoms with Crippen molar-refractivity contribution in [2.24, 2.45) is 0 Å². The van der Waals surface area contributed by atoms with E-state index in [4.69, 9.17) is 26.1 Å². The number of rotatable bonds is 9. The van der Waals surface area contributed by atoms with Gasteiger partial charge >= 0.3 is 0 Å². The minimum atomic E-state index is 0.596. The molecule has 148 valence electrons. The summed E-state index contributed by atoms with van der Waals surface area (Å²) < 4.78 is 18.2. The van der Waals surface area contributed by atoms with Crippen LogP contribution in [0.4, 0.5) is 5.88 Å². The lowest BCUT2D eigenvalue weighted by Gasteiger charge is -2.26. The van der Waals surface area contributed by atoms with Gasteiger partial charge in [0.05, 0.1) is 26.8 Å². The average molecular weight is 401 g/mol. The van der Waals surface area contributed by atoms with E-state index in [9.17, 15) is 0 Å². The zero-order chi connectivity index (χ0) is 19.8. The second kappa shape index (κ2) is 9.80. The fraction of sp³-hybridized carbons (Fsp3) is 0.300. The summed E-state index contributed by atoms with van der Waals surface area (Å²) in [5, 5.41) is 3.75. The van der Waals surface area contributed by atoms with Crippen LogP contribution in [0, 0.1) is 0 Å². The van der Waals surface area contributed by atoms with Crippen LogP contribution in [0.2, 0.25) is 0 Å². The minimum Gasteiger partial charge on any atom is -0.497 e. The minimum absolute atomic E-state index is 0.596. The molecule has 0 unspecified atom stereocenters. The monoisotopic (exact) mass is 400 g/mol. The molecule has 0 atom stereocenters. The molecule has 0 radical (unpaired) electrons. The van der Waals surface area contributed by atoms with Gasteiger partial charge in [-0.05, 0) is 36.8 Å². The van der Waals surface area contributed by atoms with Crippen LogP contribution in [0.5, 0.6) is 11.5 Å². The van der Waals surface area contributed by atoms with Crippen LogP contribution in [-0.4, -0.2) is 40.3 Å². The number of nitrogens with one attached hydrogen (secondary N) is 1. The van der Waals surface area contributed by atoms with Crippen LogP contribution < -0.4 is 14.8 Å². The number of hydrogen-bond donors (Lipinski definition) is 1. The predicted octanol–water partition coefficient (Wildman–Crippen LogP) is 3.78. The van der Waals surface area contributed by atoms with Crippen LogP contribution >= 0.6 is 12.2 Å². The smallest absolute Gasteiger partial charge is 0.198 e. The number of benzene rings is 1. The first-order valence-electron chi connectivity index (χ1n) is 8.95. The Bertz CT molecular complexity index is 866. The maximum Gasteiger partial charge on any atom is 0.198 e. The highest BCUT2D eigenvalue weighted by Crippen LogP contribution is 2.26. The molecule has 0 saturated heterocycles. The van der Waals surface area contributed by atoms with Crippen molar-refractivity contribution in [1.29, 1.82) is 0 Å². The standard InChI is InChI=1S/C20H24N4O3S/c1-25-17-7-6-16(18(13-17)26-2)14-24(10-4-9-23-11-8-21-15-23)20(28)22-19-5-3-12-27-19/h3,5-8,11-13,15H,4,9-10,14H2,1-2H3,(H,22,28). The zero-order valence-electron chi connectivity index (χ0n) is 16.0. The summed E-state index contributed by atoms with van der Waals surface area (Å²) in [5.74, 6) is 2.13. The molecule has 3 aromatic rings. The molecule has 0 amide bonds. The van der Waals surface area contributed by atoms with Crippen molar-refractivity contribution in [2.45, 2.75) is 19.5 Å². The maximum absolute atomic E-state index is 5.63. The van der Waals surface area contributed by atoms with Gasteiger partial charge in [0.25, 0.3) is 0 Å². The van der Waals surface area contributed by atoms with E-state index in [-0.39, 0.29) is 0 Å². The summed E-state index contributed by atoms with van der Waals surface area (Å²) in [6, 6.07) is 9.45. The highest BCUT2D eigenvalue weighted by molar-refractivity contribution is 7.80. The summed E-state index contributed by atoms with van der Waals surface area (Å²) in [4.78, 5) is 6.18. The summed E-state index contributed by atoms with van der Waals surface area (Å²) in [7, 11) is 3.29. The summed E-state index contributed by atoms with van der Waals surface area (Å²) in [6.45, 7) is 2.23. The van der Waals surface area contributed by atoms with Crippen molar-refractivity contribution in [3.8, 4) is 11.5 Å². The number of thiocarbonyl (C=S) groups is 1. The van der Waals surface area contributed by atoms with E-state index < -0.39 is 0 Å². The van der Waals surface area contributed by atoms with Gasteiger partial charge in [0, 0.05) is 49.7 Å². The summed E-state index contributed by atoms with van der Waals surface area (Å²) >= 11 is 5.63. The molecule has 1 N–H and O–H groups in total. The lowest BCUT2D eigenvalue weighted by molar-refractivity contribution is 0.366. The Balaban J connectivity index is 1.71. The Hall–Kier alpha value is -3.00. The fourth-order valence-corrected chi connectivity index (χ4v) is 3.09. The van der Waals surface area contributed by atoms with Gasteiger partial charge in [0.2, 0.25) is 0 Å². The highest BCUT2D eigenvalue weighted by Gasteiger charge is 2.15. The lowest BCUT2D eigenvalue weighted by Crippen LogP contribution is -2.35. The third-order valence-corrected chi connectivity index (χ3v) is 4.66. The largest absolute Gasteiger partial charge is 0.497 e. The molecule has 1 aromatic carbocycles. The van der Waals surface area contributed by atoms with Crippen molar-refractivity contribution in [3.05, 3.63) is 60.9 Å². The molecule has 8 heteroatoms. The molecular formula is C20H24N4O3S. The number of hydrogen-bond acceptors (Lipinski definition) is 5. The van der Waals surface area contributed by atoms with Crippen LogP contribution in [0.3, 0.4) is 0 Å². The predicted molar refractivity (Wildman–Crippen MR) is 112 cm³/mol. The quantitative estimate of drug-likeness (QED) is 0.548. The van der Waals surface area contributed by atoms with E-state index in [1.165, 1.54) is 0 Å². The average Bonchev–Trinajstić information content (AvgIpc) is 3.41. The van der Waals surface area contributed by atoms with Gasteiger partial charge < -0.3 is 28.7 Å². The van der Waals surface area contributed by atoms with Gasteiger partial charge in [-0.3, -0.25) is 0 Å². The normalized spacial score (nSPS) is 10.5.